The number of nitrogens with one attached hydrogen (secondary N) is 1. The molecule has 0 saturated carbocycles. The molecule has 0 fully saturated rings. The number of hydrogen-bond donors (Lipinski definition) is 1. The second kappa shape index (κ2) is 8.18. The summed E-state index contributed by atoms with van der Waals surface area (Å²) in [6.45, 7) is 6.74. The first-order valence-electron chi connectivity index (χ1n) is 9.72. The molecule has 1 heterocycles. The van der Waals surface area contributed by atoms with Crippen molar-refractivity contribution in [2.75, 3.05) is 17.3 Å². The summed E-state index contributed by atoms with van der Waals surface area (Å²) < 4.78 is 10.7. The average Bonchev–Trinajstić information content (AvgIpc) is 2.68. The van der Waals surface area contributed by atoms with E-state index in [4.69, 9.17) is 9.47 Å². The number of benzene rings is 2. The van der Waals surface area contributed by atoms with Crippen LogP contribution in [0.5, 0.6) is 5.75 Å². The maximum absolute atomic E-state index is 13.2. The van der Waals surface area contributed by atoms with Crippen LogP contribution in [0.25, 0.3) is 0 Å². The Morgan fingerprint density at radius 1 is 1.17 bits per heavy atom. The fourth-order valence-corrected chi connectivity index (χ4v) is 3.52. The van der Waals surface area contributed by atoms with Crippen LogP contribution in [0.15, 0.2) is 42.5 Å². The molecule has 0 saturated heterocycles. The van der Waals surface area contributed by atoms with Crippen molar-refractivity contribution in [3.63, 3.8) is 0 Å². The van der Waals surface area contributed by atoms with Crippen LogP contribution >= 0.6 is 0 Å². The zero-order valence-electron chi connectivity index (χ0n) is 17.8. The number of aryl methyl sites for hydroxylation is 1. The quantitative estimate of drug-likeness (QED) is 0.765. The zero-order valence-corrected chi connectivity index (χ0v) is 17.8. The number of para-hydroxylation sites is 2. The smallest absolute Gasteiger partial charge is 0.311 e. The Kier molecular flexibility index (Phi) is 5.82. The summed E-state index contributed by atoms with van der Waals surface area (Å²) in [5, 5.41) is 2.81. The van der Waals surface area contributed by atoms with Crippen LogP contribution in [0.1, 0.15) is 31.9 Å². The van der Waals surface area contributed by atoms with E-state index >= 15 is 0 Å². The van der Waals surface area contributed by atoms with Gasteiger partial charge in [-0.05, 0) is 45.9 Å². The number of fused-ring (bicyclic) bond motifs is 1. The second-order valence-electron chi connectivity index (χ2n) is 7.83. The highest BCUT2D eigenvalue weighted by molar-refractivity contribution is 6.15. The summed E-state index contributed by atoms with van der Waals surface area (Å²) in [5.41, 5.74) is 1.64. The number of carbonyl (C=O) groups excluding carboxylic acids is 3. The molecule has 158 valence electrons. The van der Waals surface area contributed by atoms with Gasteiger partial charge in [0.2, 0.25) is 5.91 Å². The van der Waals surface area contributed by atoms with E-state index in [9.17, 15) is 14.4 Å². The molecule has 3 rings (SSSR count). The highest BCUT2D eigenvalue weighted by atomic mass is 16.5. The average molecular weight is 410 g/mol. The highest BCUT2D eigenvalue weighted by Gasteiger charge is 2.45. The van der Waals surface area contributed by atoms with Crippen molar-refractivity contribution in [3.8, 4) is 5.75 Å². The molecule has 7 nitrogen and oxygen atoms in total. The van der Waals surface area contributed by atoms with E-state index in [1.807, 2.05) is 19.1 Å². The minimum atomic E-state index is -1.13. The van der Waals surface area contributed by atoms with Gasteiger partial charge < -0.3 is 14.8 Å². The van der Waals surface area contributed by atoms with Gasteiger partial charge in [-0.2, -0.15) is 0 Å². The number of amides is 2. The van der Waals surface area contributed by atoms with E-state index in [1.54, 1.807) is 44.2 Å². The standard InChI is InChI=1S/C23H26N2O5/c1-14-10-11-19(29-5)16(12-14)13-20(26)30-15(2)21(27)25-18-9-7-6-8-17(18)24-22(28)23(25,3)4/h6-12,15H,13H2,1-5H3,(H,24,28)/t15-/m1/s1. The second-order valence-corrected chi connectivity index (χ2v) is 7.83. The van der Waals surface area contributed by atoms with E-state index in [0.29, 0.717) is 22.7 Å². The Hall–Kier alpha value is -3.35. The molecule has 1 aliphatic rings. The number of anilines is 2. The third kappa shape index (κ3) is 4.01. The van der Waals surface area contributed by atoms with Gasteiger partial charge >= 0.3 is 5.97 Å². The maximum atomic E-state index is 13.2. The minimum absolute atomic E-state index is 0.0249. The topological polar surface area (TPSA) is 84.9 Å². The van der Waals surface area contributed by atoms with Crippen LogP contribution in [0.4, 0.5) is 11.4 Å². The lowest BCUT2D eigenvalue weighted by molar-refractivity contribution is -0.153. The normalized spacial score (nSPS) is 15.6. The molecule has 0 bridgehead atoms. The van der Waals surface area contributed by atoms with E-state index in [0.717, 1.165) is 5.56 Å². The van der Waals surface area contributed by atoms with Crippen LogP contribution in [-0.2, 0) is 25.5 Å². The van der Waals surface area contributed by atoms with Crippen molar-refractivity contribution in [2.45, 2.75) is 45.8 Å². The van der Waals surface area contributed by atoms with Gasteiger partial charge in [0.15, 0.2) is 6.10 Å². The Morgan fingerprint density at radius 3 is 2.57 bits per heavy atom. The Labute approximate surface area is 176 Å². The Bertz CT molecular complexity index is 999. The third-order valence-electron chi connectivity index (χ3n) is 5.15. The van der Waals surface area contributed by atoms with E-state index in [1.165, 1.54) is 18.9 Å². The molecule has 2 amide bonds. The Balaban J connectivity index is 1.79. The monoisotopic (exact) mass is 410 g/mol. The minimum Gasteiger partial charge on any atom is -0.496 e. The highest BCUT2D eigenvalue weighted by Crippen LogP contribution is 2.37. The molecule has 1 N–H and O–H groups in total. The molecule has 0 spiro atoms. The summed E-state index contributed by atoms with van der Waals surface area (Å²) in [4.78, 5) is 39.7. The van der Waals surface area contributed by atoms with Crippen LogP contribution < -0.4 is 15.0 Å². The summed E-state index contributed by atoms with van der Waals surface area (Å²) in [6, 6.07) is 12.6. The lowest BCUT2D eigenvalue weighted by Crippen LogP contribution is -2.60. The summed E-state index contributed by atoms with van der Waals surface area (Å²) in [7, 11) is 1.53. The van der Waals surface area contributed by atoms with Gasteiger partial charge in [0.1, 0.15) is 11.3 Å². The SMILES string of the molecule is COc1ccc(C)cc1CC(=O)O[C@H](C)C(=O)N1c2ccccc2NC(=O)C1(C)C. The largest absolute Gasteiger partial charge is 0.496 e. The molecule has 30 heavy (non-hydrogen) atoms. The molecular formula is C23H26N2O5. The molecule has 0 aromatic heterocycles. The van der Waals surface area contributed by atoms with Crippen molar-refractivity contribution in [3.05, 3.63) is 53.6 Å². The predicted molar refractivity (Wildman–Crippen MR) is 114 cm³/mol. The van der Waals surface area contributed by atoms with Crippen molar-refractivity contribution in [1.29, 1.82) is 0 Å². The fraction of sp³-hybridized carbons (Fsp3) is 0.348. The molecule has 1 atom stereocenters. The number of rotatable bonds is 5. The first-order chi connectivity index (χ1) is 14.1. The predicted octanol–water partition coefficient (Wildman–Crippen LogP) is 3.24. The molecule has 7 heteroatoms. The number of esters is 1. The first-order valence-corrected chi connectivity index (χ1v) is 9.72. The van der Waals surface area contributed by atoms with E-state index in [2.05, 4.69) is 5.32 Å². The molecule has 1 aliphatic heterocycles. The van der Waals surface area contributed by atoms with Gasteiger partial charge in [-0.15, -0.1) is 0 Å². The van der Waals surface area contributed by atoms with Crippen molar-refractivity contribution in [1.82, 2.24) is 0 Å². The van der Waals surface area contributed by atoms with Gasteiger partial charge in [-0.1, -0.05) is 29.8 Å². The number of ether oxygens (including phenoxy) is 2. The molecule has 0 unspecified atom stereocenters. The first kappa shape index (κ1) is 21.4. The van der Waals surface area contributed by atoms with Gasteiger partial charge in [0, 0.05) is 5.56 Å². The number of hydrogen-bond acceptors (Lipinski definition) is 5. The van der Waals surface area contributed by atoms with E-state index in [-0.39, 0.29) is 12.3 Å². The van der Waals surface area contributed by atoms with E-state index < -0.39 is 23.5 Å². The van der Waals surface area contributed by atoms with Crippen molar-refractivity contribution >= 4 is 29.2 Å². The number of methoxy groups -OCH3 is 1. The van der Waals surface area contributed by atoms with Crippen molar-refractivity contribution < 1.29 is 23.9 Å². The third-order valence-corrected chi connectivity index (χ3v) is 5.15. The van der Waals surface area contributed by atoms with Crippen LogP contribution in [0.2, 0.25) is 0 Å². The van der Waals surface area contributed by atoms with Gasteiger partial charge in [-0.25, -0.2) is 0 Å². The molecule has 2 aromatic rings. The molecule has 0 radical (unpaired) electrons. The zero-order chi connectivity index (χ0) is 22.1. The molecular weight excluding hydrogens is 384 g/mol. The Morgan fingerprint density at radius 2 is 1.87 bits per heavy atom. The van der Waals surface area contributed by atoms with Crippen LogP contribution in [0, 0.1) is 6.92 Å². The van der Waals surface area contributed by atoms with Gasteiger partial charge in [0.25, 0.3) is 5.91 Å². The number of carbonyl (C=O) groups is 3. The van der Waals surface area contributed by atoms with Crippen molar-refractivity contribution in [2.24, 2.45) is 0 Å². The summed E-state index contributed by atoms with van der Waals surface area (Å²) >= 11 is 0. The lowest BCUT2D eigenvalue weighted by Gasteiger charge is -2.42. The lowest BCUT2D eigenvalue weighted by atomic mass is 9.95. The van der Waals surface area contributed by atoms with Gasteiger partial charge in [0.05, 0.1) is 24.9 Å². The molecule has 0 aliphatic carbocycles. The fourth-order valence-electron chi connectivity index (χ4n) is 3.52. The number of nitrogens with zero attached hydrogens (tertiary/aromatic N) is 1. The summed E-state index contributed by atoms with van der Waals surface area (Å²) in [5.74, 6) is -0.740. The maximum Gasteiger partial charge on any atom is 0.311 e. The summed E-state index contributed by atoms with van der Waals surface area (Å²) in [6.07, 6.45) is -1.09. The van der Waals surface area contributed by atoms with Crippen LogP contribution in [0.3, 0.4) is 0 Å². The van der Waals surface area contributed by atoms with Gasteiger partial charge in [-0.3, -0.25) is 19.3 Å². The van der Waals surface area contributed by atoms with Crippen LogP contribution in [-0.4, -0.2) is 36.5 Å². The molecule has 2 aromatic carbocycles.